The molecular formula is C15H16N2O5S. The molecule has 1 aliphatic heterocycles. The zero-order valence-corrected chi connectivity index (χ0v) is 13.3. The largest absolute Gasteiger partial charge is 0.479 e. The van der Waals surface area contributed by atoms with Crippen LogP contribution in [0, 0.1) is 0 Å². The zero-order valence-electron chi connectivity index (χ0n) is 12.5. The van der Waals surface area contributed by atoms with Crippen LogP contribution in [0.5, 0.6) is 0 Å². The number of furan rings is 1. The van der Waals surface area contributed by atoms with Crippen molar-refractivity contribution in [3.63, 3.8) is 0 Å². The van der Waals surface area contributed by atoms with Gasteiger partial charge in [0.15, 0.2) is 6.10 Å². The summed E-state index contributed by atoms with van der Waals surface area (Å²) in [5, 5.41) is 11.7. The van der Waals surface area contributed by atoms with Crippen LogP contribution in [-0.2, 0) is 20.7 Å². The van der Waals surface area contributed by atoms with Crippen molar-refractivity contribution in [3.05, 3.63) is 29.7 Å². The number of hydrogen-bond acceptors (Lipinski definition) is 6. The maximum Gasteiger partial charge on any atom is 0.334 e. The van der Waals surface area contributed by atoms with Crippen LogP contribution in [0.3, 0.4) is 0 Å². The Bertz CT molecular complexity index is 697. The summed E-state index contributed by atoms with van der Waals surface area (Å²) in [6.07, 6.45) is 2.05. The van der Waals surface area contributed by atoms with Crippen LogP contribution >= 0.6 is 11.3 Å². The van der Waals surface area contributed by atoms with E-state index in [1.165, 1.54) is 16.2 Å². The van der Waals surface area contributed by atoms with Crippen molar-refractivity contribution in [2.24, 2.45) is 0 Å². The van der Waals surface area contributed by atoms with E-state index in [1.54, 1.807) is 19.5 Å². The molecule has 2 atom stereocenters. The average molecular weight is 336 g/mol. The molecule has 0 aliphatic carbocycles. The summed E-state index contributed by atoms with van der Waals surface area (Å²) >= 11 is 1.44. The van der Waals surface area contributed by atoms with Crippen LogP contribution in [0.15, 0.2) is 28.4 Å². The number of carboxylic acids is 1. The highest BCUT2D eigenvalue weighted by atomic mass is 32.1. The third kappa shape index (κ3) is 3.59. The number of aliphatic carboxylic acids is 1. The molecule has 2 aromatic rings. The normalized spacial score (nSPS) is 21.3. The van der Waals surface area contributed by atoms with Gasteiger partial charge in [0.1, 0.15) is 11.3 Å². The van der Waals surface area contributed by atoms with Gasteiger partial charge in [-0.1, -0.05) is 0 Å². The molecule has 1 unspecified atom stereocenters. The van der Waals surface area contributed by atoms with Gasteiger partial charge in [-0.3, -0.25) is 4.79 Å². The molecule has 1 fully saturated rings. The van der Waals surface area contributed by atoms with Gasteiger partial charge in [0.25, 0.3) is 0 Å². The number of carbonyl (C=O) groups is 2. The monoisotopic (exact) mass is 336 g/mol. The highest BCUT2D eigenvalue weighted by Crippen LogP contribution is 2.24. The van der Waals surface area contributed by atoms with E-state index >= 15 is 0 Å². The van der Waals surface area contributed by atoms with Crippen LogP contribution in [0.25, 0.3) is 10.6 Å². The molecule has 8 heteroatoms. The lowest BCUT2D eigenvalue weighted by Gasteiger charge is -2.34. The minimum absolute atomic E-state index is 0.0667. The molecule has 2 aromatic heterocycles. The number of ether oxygens (including phenoxy) is 1. The minimum Gasteiger partial charge on any atom is -0.479 e. The second-order valence-electron chi connectivity index (χ2n) is 5.41. The molecular weight excluding hydrogens is 320 g/mol. The quantitative estimate of drug-likeness (QED) is 0.912. The van der Waals surface area contributed by atoms with Crippen LogP contribution in [-0.4, -0.2) is 52.2 Å². The lowest BCUT2D eigenvalue weighted by Crippen LogP contribution is -2.52. The van der Waals surface area contributed by atoms with Crippen LogP contribution in [0.1, 0.15) is 12.6 Å². The number of nitrogens with zero attached hydrogens (tertiary/aromatic N) is 2. The second-order valence-corrected chi connectivity index (χ2v) is 6.26. The summed E-state index contributed by atoms with van der Waals surface area (Å²) in [6, 6.07) is 1.81. The number of thiazole rings is 1. The molecule has 0 aromatic carbocycles. The van der Waals surface area contributed by atoms with E-state index < -0.39 is 12.1 Å². The van der Waals surface area contributed by atoms with Gasteiger partial charge in [0.2, 0.25) is 5.91 Å². The topological polar surface area (TPSA) is 92.9 Å². The maximum atomic E-state index is 12.4. The maximum absolute atomic E-state index is 12.4. The third-order valence-electron chi connectivity index (χ3n) is 3.54. The molecule has 0 bridgehead atoms. The Morgan fingerprint density at radius 1 is 1.48 bits per heavy atom. The minimum atomic E-state index is -1.05. The molecule has 3 heterocycles. The third-order valence-corrected chi connectivity index (χ3v) is 4.48. The van der Waals surface area contributed by atoms with E-state index in [1.807, 2.05) is 11.4 Å². The molecule has 122 valence electrons. The van der Waals surface area contributed by atoms with Gasteiger partial charge >= 0.3 is 5.97 Å². The van der Waals surface area contributed by atoms with Gasteiger partial charge < -0.3 is 19.2 Å². The standard InChI is InChI=1S/C15H16N2O5S/c1-9-5-17(6-12(22-9)15(19)20)13(18)4-11-8-23-14(16-11)10-2-3-21-7-10/h2-3,7-9,12H,4-6H2,1H3,(H,19,20)/t9-,12?/m1/s1. The first-order valence-corrected chi connectivity index (χ1v) is 8.04. The Morgan fingerprint density at radius 3 is 3.00 bits per heavy atom. The predicted octanol–water partition coefficient (Wildman–Crippen LogP) is 1.65. The van der Waals surface area contributed by atoms with Gasteiger partial charge in [-0.05, 0) is 13.0 Å². The van der Waals surface area contributed by atoms with E-state index in [0.717, 1.165) is 10.6 Å². The summed E-state index contributed by atoms with van der Waals surface area (Å²) in [6.45, 7) is 2.22. The van der Waals surface area contributed by atoms with Crippen molar-refractivity contribution >= 4 is 23.2 Å². The van der Waals surface area contributed by atoms with Crippen LogP contribution in [0.2, 0.25) is 0 Å². The molecule has 3 rings (SSSR count). The summed E-state index contributed by atoms with van der Waals surface area (Å²) in [5.41, 5.74) is 1.54. The fourth-order valence-corrected chi connectivity index (χ4v) is 3.27. The van der Waals surface area contributed by atoms with Crippen molar-refractivity contribution in [2.45, 2.75) is 25.6 Å². The first-order valence-electron chi connectivity index (χ1n) is 7.16. The Balaban J connectivity index is 1.66. The number of carboxylic acid groups (broad SMARTS) is 1. The number of aromatic nitrogens is 1. The first kappa shape index (κ1) is 15.7. The van der Waals surface area contributed by atoms with Gasteiger partial charge in [-0.15, -0.1) is 11.3 Å². The molecule has 23 heavy (non-hydrogen) atoms. The highest BCUT2D eigenvalue weighted by Gasteiger charge is 2.32. The van der Waals surface area contributed by atoms with Crippen LogP contribution < -0.4 is 0 Å². The molecule has 0 radical (unpaired) electrons. The number of amides is 1. The van der Waals surface area contributed by atoms with Crippen molar-refractivity contribution < 1.29 is 23.8 Å². The van der Waals surface area contributed by atoms with E-state index in [4.69, 9.17) is 14.3 Å². The van der Waals surface area contributed by atoms with Crippen molar-refractivity contribution in [3.8, 4) is 10.6 Å². The van der Waals surface area contributed by atoms with E-state index in [0.29, 0.717) is 12.2 Å². The molecule has 0 saturated carbocycles. The molecule has 1 amide bonds. The molecule has 7 nitrogen and oxygen atoms in total. The number of rotatable bonds is 4. The number of carbonyl (C=O) groups excluding carboxylic acids is 1. The Hall–Kier alpha value is -2.19. The SMILES string of the molecule is C[C@@H]1CN(C(=O)Cc2csc(-c3ccoc3)n2)CC(C(=O)O)O1. The molecule has 1 saturated heterocycles. The molecule has 0 spiro atoms. The summed E-state index contributed by atoms with van der Waals surface area (Å²) in [5.74, 6) is -1.19. The summed E-state index contributed by atoms with van der Waals surface area (Å²) in [7, 11) is 0. The van der Waals surface area contributed by atoms with Crippen molar-refractivity contribution in [1.29, 1.82) is 0 Å². The fraction of sp³-hybridized carbons (Fsp3) is 0.400. The summed E-state index contributed by atoms with van der Waals surface area (Å²) < 4.78 is 10.3. The first-order chi connectivity index (χ1) is 11.0. The van der Waals surface area contributed by atoms with E-state index in [-0.39, 0.29) is 25.0 Å². The Labute approximate surface area is 136 Å². The van der Waals surface area contributed by atoms with Crippen LogP contribution in [0.4, 0.5) is 0 Å². The average Bonchev–Trinajstić information content (AvgIpc) is 3.17. The fourth-order valence-electron chi connectivity index (χ4n) is 2.47. The van der Waals surface area contributed by atoms with Crippen molar-refractivity contribution in [2.75, 3.05) is 13.1 Å². The van der Waals surface area contributed by atoms with Crippen molar-refractivity contribution in [1.82, 2.24) is 9.88 Å². The number of hydrogen-bond donors (Lipinski definition) is 1. The van der Waals surface area contributed by atoms with Gasteiger partial charge in [0, 0.05) is 17.5 Å². The van der Waals surface area contributed by atoms with Gasteiger partial charge in [-0.25, -0.2) is 9.78 Å². The smallest absolute Gasteiger partial charge is 0.334 e. The lowest BCUT2D eigenvalue weighted by molar-refractivity contribution is -0.166. The van der Waals surface area contributed by atoms with Gasteiger partial charge in [0.05, 0.1) is 31.0 Å². The Kier molecular flexibility index (Phi) is 4.44. The highest BCUT2D eigenvalue weighted by molar-refractivity contribution is 7.13. The molecule has 1 N–H and O–H groups in total. The number of morpholine rings is 1. The summed E-state index contributed by atoms with van der Waals surface area (Å²) in [4.78, 5) is 29.4. The Morgan fingerprint density at radius 2 is 2.30 bits per heavy atom. The van der Waals surface area contributed by atoms with E-state index in [2.05, 4.69) is 4.98 Å². The van der Waals surface area contributed by atoms with Gasteiger partial charge in [-0.2, -0.15) is 0 Å². The molecule has 1 aliphatic rings. The lowest BCUT2D eigenvalue weighted by atomic mass is 10.2. The van der Waals surface area contributed by atoms with E-state index in [9.17, 15) is 9.59 Å². The predicted molar refractivity (Wildman–Crippen MR) is 82.1 cm³/mol. The zero-order chi connectivity index (χ0) is 16.4. The second kappa shape index (κ2) is 6.51.